The zero-order chi connectivity index (χ0) is 28.4. The second-order valence-corrected chi connectivity index (χ2v) is 9.99. The molecule has 0 amide bonds. The third-order valence-electron chi connectivity index (χ3n) is 6.19. The van der Waals surface area contributed by atoms with E-state index in [9.17, 15) is 0 Å². The lowest BCUT2D eigenvalue weighted by molar-refractivity contribution is 0.301. The Morgan fingerprint density at radius 1 is 0.865 bits per heavy atom. The first-order valence-electron chi connectivity index (χ1n) is 13.4. The van der Waals surface area contributed by atoms with Gasteiger partial charge in [0.25, 0.3) is 0 Å². The number of ether oxygens (including phenoxy) is 2. The van der Waals surface area contributed by atoms with E-state index < -0.39 is 0 Å². The Morgan fingerprint density at radius 2 is 1.38 bits per heavy atom. The number of nitrogens with zero attached hydrogens (tertiary/aromatic N) is 2. The maximum Gasteiger partial charge on any atom is 0.119 e. The number of rotatable bonds is 11. The van der Waals surface area contributed by atoms with E-state index in [-0.39, 0.29) is 6.61 Å². The van der Waals surface area contributed by atoms with Gasteiger partial charge >= 0.3 is 0 Å². The van der Waals surface area contributed by atoms with E-state index in [1.54, 1.807) is 21.1 Å². The van der Waals surface area contributed by atoms with Crippen LogP contribution in [0.3, 0.4) is 0 Å². The van der Waals surface area contributed by atoms with Crippen molar-refractivity contribution in [1.82, 2.24) is 9.80 Å². The zero-order valence-corrected chi connectivity index (χ0v) is 25.4. The molecule has 5 heteroatoms. The fourth-order valence-electron chi connectivity index (χ4n) is 4.73. The molecule has 0 aliphatic rings. The fourth-order valence-corrected chi connectivity index (χ4v) is 4.73. The monoisotopic (exact) mass is 514 g/mol. The van der Waals surface area contributed by atoms with Crippen molar-refractivity contribution in [1.29, 1.82) is 0 Å². The van der Waals surface area contributed by atoms with Crippen LogP contribution in [0.25, 0.3) is 5.57 Å². The summed E-state index contributed by atoms with van der Waals surface area (Å²) in [6.07, 6.45) is 3.37. The van der Waals surface area contributed by atoms with Gasteiger partial charge in [-0.1, -0.05) is 51.1 Å². The van der Waals surface area contributed by atoms with Gasteiger partial charge in [-0.15, -0.1) is 0 Å². The van der Waals surface area contributed by atoms with Crippen LogP contribution in [0.4, 0.5) is 0 Å². The molecule has 0 aliphatic heterocycles. The van der Waals surface area contributed by atoms with Crippen molar-refractivity contribution in [3.8, 4) is 11.5 Å². The molecule has 2 aromatic rings. The van der Waals surface area contributed by atoms with Crippen molar-refractivity contribution in [2.45, 2.75) is 47.0 Å². The number of aliphatic hydroxyl groups excluding tert-OH is 1. The third kappa shape index (κ3) is 13.7. The number of aliphatic hydroxyl groups is 1. The Morgan fingerprint density at radius 3 is 1.84 bits per heavy atom. The van der Waals surface area contributed by atoms with Gasteiger partial charge in [-0.05, 0) is 107 Å². The van der Waals surface area contributed by atoms with Crippen LogP contribution < -0.4 is 9.47 Å². The summed E-state index contributed by atoms with van der Waals surface area (Å²) in [4.78, 5) is 4.47. The Bertz CT molecular complexity index is 880. The lowest BCUT2D eigenvalue weighted by Crippen LogP contribution is -2.24. The van der Waals surface area contributed by atoms with Crippen molar-refractivity contribution >= 4 is 5.57 Å². The molecule has 0 aliphatic carbocycles. The van der Waals surface area contributed by atoms with Crippen molar-refractivity contribution in [3.63, 3.8) is 0 Å². The quantitative estimate of drug-likeness (QED) is 0.362. The molecule has 0 heterocycles. The third-order valence-corrected chi connectivity index (χ3v) is 6.19. The summed E-state index contributed by atoms with van der Waals surface area (Å²) in [5.41, 5.74) is 4.01. The molecule has 0 bridgehead atoms. The predicted octanol–water partition coefficient (Wildman–Crippen LogP) is 6.68. The summed E-state index contributed by atoms with van der Waals surface area (Å²) in [6.45, 7) is 13.0. The number of hydrogen-bond acceptors (Lipinski definition) is 5. The van der Waals surface area contributed by atoms with Crippen molar-refractivity contribution in [2.24, 2.45) is 11.8 Å². The smallest absolute Gasteiger partial charge is 0.119 e. The standard InChI is InChI=1S/C15H25NO.C15H23NO.C2H6O/c2*1-6-15(12(2)11-16(3)4)13-8-7-9-14(10-13)17-5;1-2-3/h7-10,12,15H,6,11H2,1-5H3;6-10,12H,11H2,1-5H3;3H,2H2,1H3/b;15-6+;. The van der Waals surface area contributed by atoms with E-state index in [0.29, 0.717) is 17.8 Å². The van der Waals surface area contributed by atoms with Crippen LogP contribution in [-0.2, 0) is 0 Å². The first-order valence-corrected chi connectivity index (χ1v) is 13.4. The van der Waals surface area contributed by atoms with E-state index in [0.717, 1.165) is 24.6 Å². The molecule has 0 saturated carbocycles. The molecular weight excluding hydrogens is 460 g/mol. The highest BCUT2D eigenvalue weighted by molar-refractivity contribution is 5.68. The molecule has 0 saturated heterocycles. The summed E-state index contributed by atoms with van der Waals surface area (Å²) in [5, 5.41) is 7.57. The molecular formula is C32H54N2O3. The second-order valence-electron chi connectivity index (χ2n) is 9.99. The Hall–Kier alpha value is -2.34. The molecule has 0 spiro atoms. The molecule has 0 radical (unpaired) electrons. The van der Waals surface area contributed by atoms with Crippen molar-refractivity contribution < 1.29 is 14.6 Å². The molecule has 2 rings (SSSR count). The van der Waals surface area contributed by atoms with E-state index in [1.807, 2.05) is 18.2 Å². The van der Waals surface area contributed by atoms with Gasteiger partial charge in [0.2, 0.25) is 0 Å². The van der Waals surface area contributed by atoms with Gasteiger partial charge in [-0.25, -0.2) is 0 Å². The maximum atomic E-state index is 7.57. The Balaban J connectivity index is 0.000000633. The molecule has 3 atom stereocenters. The minimum atomic E-state index is 0.250. The van der Waals surface area contributed by atoms with E-state index >= 15 is 0 Å². The minimum Gasteiger partial charge on any atom is -0.497 e. The first-order chi connectivity index (χ1) is 17.6. The van der Waals surface area contributed by atoms with Gasteiger partial charge in [-0.3, -0.25) is 0 Å². The first kappa shape index (κ1) is 34.7. The van der Waals surface area contributed by atoms with Crippen LogP contribution >= 0.6 is 0 Å². The van der Waals surface area contributed by atoms with Crippen LogP contribution in [0.2, 0.25) is 0 Å². The normalized spacial score (nSPS) is 13.6. The average molecular weight is 515 g/mol. The van der Waals surface area contributed by atoms with Crippen molar-refractivity contribution in [2.75, 3.05) is 62.1 Å². The van der Waals surface area contributed by atoms with Gasteiger partial charge in [0, 0.05) is 19.7 Å². The molecule has 37 heavy (non-hydrogen) atoms. The number of allylic oxidation sites excluding steroid dienone is 1. The molecule has 5 nitrogen and oxygen atoms in total. The van der Waals surface area contributed by atoms with Crippen LogP contribution in [0.5, 0.6) is 11.5 Å². The topological polar surface area (TPSA) is 45.2 Å². The molecule has 3 unspecified atom stereocenters. The molecule has 0 fully saturated rings. The zero-order valence-electron chi connectivity index (χ0n) is 25.4. The van der Waals surface area contributed by atoms with Gasteiger partial charge in [0.05, 0.1) is 14.2 Å². The van der Waals surface area contributed by atoms with Gasteiger partial charge in [-0.2, -0.15) is 0 Å². The lowest BCUT2D eigenvalue weighted by Gasteiger charge is -2.26. The lowest BCUT2D eigenvalue weighted by atomic mass is 9.85. The summed E-state index contributed by atoms with van der Waals surface area (Å²) in [7, 11) is 11.9. The Labute approximate surface area is 228 Å². The van der Waals surface area contributed by atoms with Crippen LogP contribution in [0.15, 0.2) is 54.6 Å². The SMILES string of the molecule is C/C=C(/c1cccc(OC)c1)C(C)CN(C)C.CCC(c1cccc(OC)c1)C(C)CN(C)C.CCO. The highest BCUT2D eigenvalue weighted by Gasteiger charge is 2.18. The molecule has 1 N–H and O–H groups in total. The summed E-state index contributed by atoms with van der Waals surface area (Å²) < 4.78 is 10.6. The molecule has 2 aromatic carbocycles. The van der Waals surface area contributed by atoms with Gasteiger partial charge in [0.15, 0.2) is 0 Å². The predicted molar refractivity (Wildman–Crippen MR) is 161 cm³/mol. The fraction of sp³-hybridized carbons (Fsp3) is 0.562. The highest BCUT2D eigenvalue weighted by atomic mass is 16.5. The highest BCUT2D eigenvalue weighted by Crippen LogP contribution is 2.30. The largest absolute Gasteiger partial charge is 0.497 e. The molecule has 210 valence electrons. The average Bonchev–Trinajstić information content (AvgIpc) is 2.85. The van der Waals surface area contributed by atoms with Crippen LogP contribution in [-0.4, -0.2) is 77.0 Å². The van der Waals surface area contributed by atoms with Gasteiger partial charge in [0.1, 0.15) is 11.5 Å². The van der Waals surface area contributed by atoms with Crippen LogP contribution in [0, 0.1) is 11.8 Å². The summed E-state index contributed by atoms with van der Waals surface area (Å²) in [6, 6.07) is 16.7. The van der Waals surface area contributed by atoms with E-state index in [1.165, 1.54) is 23.1 Å². The van der Waals surface area contributed by atoms with E-state index in [4.69, 9.17) is 14.6 Å². The Kier molecular flexibility index (Phi) is 18.5. The maximum absolute atomic E-state index is 7.57. The minimum absolute atomic E-state index is 0.250. The molecule has 0 aromatic heterocycles. The number of methoxy groups -OCH3 is 2. The van der Waals surface area contributed by atoms with Gasteiger partial charge < -0.3 is 24.4 Å². The number of benzene rings is 2. The van der Waals surface area contributed by atoms with Crippen molar-refractivity contribution in [3.05, 3.63) is 65.7 Å². The van der Waals surface area contributed by atoms with E-state index in [2.05, 4.69) is 102 Å². The van der Waals surface area contributed by atoms with Crippen LogP contribution in [0.1, 0.15) is 58.1 Å². The number of hydrogen-bond donors (Lipinski definition) is 1. The second kappa shape index (κ2) is 19.7. The summed E-state index contributed by atoms with van der Waals surface area (Å²) >= 11 is 0. The summed E-state index contributed by atoms with van der Waals surface area (Å²) in [5.74, 6) is 3.65.